The van der Waals surface area contributed by atoms with E-state index in [1.807, 2.05) is 31.3 Å². The smallest absolute Gasteiger partial charge is 0.124 e. The molecule has 0 spiro atoms. The SMILES string of the molecule is CNc1cncc(Nc2cc(OC)cc(OC)c2)c1. The van der Waals surface area contributed by atoms with Crippen LogP contribution in [0.25, 0.3) is 0 Å². The van der Waals surface area contributed by atoms with Crippen LogP contribution in [0.3, 0.4) is 0 Å². The average Bonchev–Trinajstić information content (AvgIpc) is 2.47. The Balaban J connectivity index is 2.26. The Bertz CT molecular complexity index is 536. The molecular formula is C14H17N3O2. The number of hydrogen-bond donors (Lipinski definition) is 2. The van der Waals surface area contributed by atoms with Crippen LogP contribution < -0.4 is 20.1 Å². The van der Waals surface area contributed by atoms with Gasteiger partial charge in [-0.2, -0.15) is 0 Å². The molecule has 0 bridgehead atoms. The van der Waals surface area contributed by atoms with Crippen LogP contribution in [-0.2, 0) is 0 Å². The Morgan fingerprint density at radius 1 is 0.842 bits per heavy atom. The van der Waals surface area contributed by atoms with Gasteiger partial charge < -0.3 is 20.1 Å². The summed E-state index contributed by atoms with van der Waals surface area (Å²) < 4.78 is 10.5. The summed E-state index contributed by atoms with van der Waals surface area (Å²) in [5.41, 5.74) is 2.72. The fraction of sp³-hybridized carbons (Fsp3) is 0.214. The van der Waals surface area contributed by atoms with Gasteiger partial charge in [-0.15, -0.1) is 0 Å². The van der Waals surface area contributed by atoms with Crippen LogP contribution in [0, 0.1) is 0 Å². The molecule has 0 unspecified atom stereocenters. The van der Waals surface area contributed by atoms with Gasteiger partial charge in [-0.05, 0) is 6.07 Å². The summed E-state index contributed by atoms with van der Waals surface area (Å²) in [6, 6.07) is 7.59. The van der Waals surface area contributed by atoms with E-state index < -0.39 is 0 Å². The lowest BCUT2D eigenvalue weighted by molar-refractivity contribution is 0.395. The van der Waals surface area contributed by atoms with Crippen molar-refractivity contribution in [2.24, 2.45) is 0 Å². The fourth-order valence-electron chi connectivity index (χ4n) is 1.69. The monoisotopic (exact) mass is 259 g/mol. The molecule has 0 radical (unpaired) electrons. The Morgan fingerprint density at radius 3 is 2.05 bits per heavy atom. The van der Waals surface area contributed by atoms with Gasteiger partial charge >= 0.3 is 0 Å². The van der Waals surface area contributed by atoms with Crippen LogP contribution in [0.4, 0.5) is 17.1 Å². The molecule has 1 aromatic heterocycles. The largest absolute Gasteiger partial charge is 0.497 e. The highest BCUT2D eigenvalue weighted by molar-refractivity contribution is 5.65. The lowest BCUT2D eigenvalue weighted by Crippen LogP contribution is -1.96. The molecule has 0 atom stereocenters. The molecule has 1 aromatic carbocycles. The highest BCUT2D eigenvalue weighted by Crippen LogP contribution is 2.28. The number of pyridine rings is 1. The minimum absolute atomic E-state index is 0.736. The van der Waals surface area contributed by atoms with Gasteiger partial charge in [0.15, 0.2) is 0 Å². The van der Waals surface area contributed by atoms with E-state index in [2.05, 4.69) is 15.6 Å². The standard InChI is InChI=1S/C14H17N3O2/c1-15-11-4-12(9-16-8-11)17-10-5-13(18-2)7-14(6-10)19-3/h4-9,15,17H,1-3H3. The van der Waals surface area contributed by atoms with E-state index in [1.165, 1.54) is 0 Å². The van der Waals surface area contributed by atoms with Crippen molar-refractivity contribution in [3.8, 4) is 11.5 Å². The van der Waals surface area contributed by atoms with Crippen LogP contribution in [0.1, 0.15) is 0 Å². The van der Waals surface area contributed by atoms with Crippen LogP contribution in [-0.4, -0.2) is 26.3 Å². The molecule has 5 heteroatoms. The third kappa shape index (κ3) is 3.28. The van der Waals surface area contributed by atoms with Crippen molar-refractivity contribution in [3.63, 3.8) is 0 Å². The molecule has 0 aliphatic carbocycles. The quantitative estimate of drug-likeness (QED) is 0.864. The van der Waals surface area contributed by atoms with Gasteiger partial charge in [0.1, 0.15) is 11.5 Å². The van der Waals surface area contributed by atoms with Gasteiger partial charge in [-0.25, -0.2) is 0 Å². The van der Waals surface area contributed by atoms with Gasteiger partial charge in [-0.3, -0.25) is 4.98 Å². The molecule has 0 aliphatic heterocycles. The summed E-state index contributed by atoms with van der Waals surface area (Å²) in [6.07, 6.45) is 3.52. The Labute approximate surface area is 112 Å². The van der Waals surface area contributed by atoms with E-state index in [0.717, 1.165) is 28.6 Å². The second-order valence-electron chi connectivity index (χ2n) is 3.94. The lowest BCUT2D eigenvalue weighted by Gasteiger charge is -2.11. The Kier molecular flexibility index (Phi) is 4.07. The molecule has 2 rings (SSSR count). The third-order valence-electron chi connectivity index (χ3n) is 2.67. The van der Waals surface area contributed by atoms with Crippen molar-refractivity contribution in [2.45, 2.75) is 0 Å². The Hall–Kier alpha value is -2.43. The van der Waals surface area contributed by atoms with Crippen molar-refractivity contribution >= 4 is 17.1 Å². The number of nitrogens with zero attached hydrogens (tertiary/aromatic N) is 1. The first-order valence-corrected chi connectivity index (χ1v) is 5.88. The maximum Gasteiger partial charge on any atom is 0.124 e. The van der Waals surface area contributed by atoms with E-state index in [1.54, 1.807) is 26.6 Å². The molecule has 0 fully saturated rings. The minimum atomic E-state index is 0.736. The van der Waals surface area contributed by atoms with E-state index in [0.29, 0.717) is 0 Å². The summed E-state index contributed by atoms with van der Waals surface area (Å²) in [7, 11) is 5.11. The van der Waals surface area contributed by atoms with Gasteiger partial charge in [0.05, 0.1) is 38.0 Å². The number of rotatable bonds is 5. The molecule has 5 nitrogen and oxygen atoms in total. The summed E-state index contributed by atoms with van der Waals surface area (Å²) in [5, 5.41) is 6.31. The summed E-state index contributed by atoms with van der Waals surface area (Å²) in [6.45, 7) is 0. The zero-order valence-electron chi connectivity index (χ0n) is 11.2. The van der Waals surface area contributed by atoms with Crippen molar-refractivity contribution < 1.29 is 9.47 Å². The first-order chi connectivity index (χ1) is 9.25. The fourth-order valence-corrected chi connectivity index (χ4v) is 1.69. The molecule has 0 amide bonds. The van der Waals surface area contributed by atoms with Gasteiger partial charge in [-0.1, -0.05) is 0 Å². The normalized spacial score (nSPS) is 9.84. The number of ether oxygens (including phenoxy) is 2. The van der Waals surface area contributed by atoms with E-state index >= 15 is 0 Å². The summed E-state index contributed by atoms with van der Waals surface area (Å²) >= 11 is 0. The van der Waals surface area contributed by atoms with Crippen LogP contribution in [0.15, 0.2) is 36.7 Å². The highest BCUT2D eigenvalue weighted by atomic mass is 16.5. The zero-order chi connectivity index (χ0) is 13.7. The predicted molar refractivity (Wildman–Crippen MR) is 76.6 cm³/mol. The first-order valence-electron chi connectivity index (χ1n) is 5.88. The second-order valence-corrected chi connectivity index (χ2v) is 3.94. The van der Waals surface area contributed by atoms with Gasteiger partial charge in [0.2, 0.25) is 0 Å². The number of methoxy groups -OCH3 is 2. The maximum atomic E-state index is 5.23. The number of nitrogens with one attached hydrogen (secondary N) is 2. The van der Waals surface area contributed by atoms with Crippen molar-refractivity contribution in [2.75, 3.05) is 31.9 Å². The number of hydrogen-bond acceptors (Lipinski definition) is 5. The average molecular weight is 259 g/mol. The molecular weight excluding hydrogens is 242 g/mol. The number of aromatic nitrogens is 1. The summed E-state index contributed by atoms with van der Waals surface area (Å²) in [5.74, 6) is 1.47. The Morgan fingerprint density at radius 2 is 1.47 bits per heavy atom. The maximum absolute atomic E-state index is 5.23. The summed E-state index contributed by atoms with van der Waals surface area (Å²) in [4.78, 5) is 4.15. The molecule has 0 aliphatic rings. The van der Waals surface area contributed by atoms with E-state index in [4.69, 9.17) is 9.47 Å². The van der Waals surface area contributed by atoms with E-state index in [9.17, 15) is 0 Å². The number of anilines is 3. The van der Waals surface area contributed by atoms with Crippen LogP contribution in [0.5, 0.6) is 11.5 Å². The van der Waals surface area contributed by atoms with Gasteiger partial charge in [0, 0.05) is 30.9 Å². The van der Waals surface area contributed by atoms with Crippen molar-refractivity contribution in [3.05, 3.63) is 36.7 Å². The molecule has 0 saturated carbocycles. The molecule has 0 saturated heterocycles. The van der Waals surface area contributed by atoms with Crippen molar-refractivity contribution in [1.82, 2.24) is 4.98 Å². The van der Waals surface area contributed by atoms with E-state index in [-0.39, 0.29) is 0 Å². The minimum Gasteiger partial charge on any atom is -0.497 e. The molecule has 19 heavy (non-hydrogen) atoms. The van der Waals surface area contributed by atoms with Crippen molar-refractivity contribution in [1.29, 1.82) is 0 Å². The third-order valence-corrected chi connectivity index (χ3v) is 2.67. The highest BCUT2D eigenvalue weighted by Gasteiger charge is 2.03. The second kappa shape index (κ2) is 5.95. The predicted octanol–water partition coefficient (Wildman–Crippen LogP) is 2.88. The lowest BCUT2D eigenvalue weighted by atomic mass is 10.2. The van der Waals surface area contributed by atoms with Crippen LogP contribution >= 0.6 is 0 Å². The molecule has 100 valence electrons. The van der Waals surface area contributed by atoms with Crippen LogP contribution in [0.2, 0.25) is 0 Å². The number of benzene rings is 1. The molecule has 2 aromatic rings. The van der Waals surface area contributed by atoms with Gasteiger partial charge in [0.25, 0.3) is 0 Å². The zero-order valence-corrected chi connectivity index (χ0v) is 11.2. The first kappa shape index (κ1) is 13.0. The molecule has 2 N–H and O–H groups in total. The molecule has 1 heterocycles. The topological polar surface area (TPSA) is 55.4 Å².